The number of nitriles is 1. The second-order valence-electron chi connectivity index (χ2n) is 5.56. The monoisotopic (exact) mass is 257 g/mol. The van der Waals surface area contributed by atoms with Crippen molar-refractivity contribution in [2.75, 3.05) is 31.6 Å². The summed E-state index contributed by atoms with van der Waals surface area (Å²) in [6.07, 6.45) is 2.40. The first-order valence-corrected chi connectivity index (χ1v) is 7.02. The fourth-order valence-corrected chi connectivity index (χ4v) is 3.06. The molecule has 0 N–H and O–H groups in total. The molecule has 0 saturated carbocycles. The zero-order chi connectivity index (χ0) is 13.8. The second-order valence-corrected chi connectivity index (χ2v) is 5.56. The van der Waals surface area contributed by atoms with Gasteiger partial charge in [0.05, 0.1) is 12.6 Å². The molecule has 0 amide bonds. The van der Waals surface area contributed by atoms with Crippen LogP contribution in [-0.2, 0) is 0 Å². The average molecular weight is 257 g/mol. The Morgan fingerprint density at radius 3 is 2.68 bits per heavy atom. The molecule has 1 aromatic rings. The predicted octanol–water partition coefficient (Wildman–Crippen LogP) is 2.73. The maximum atomic E-state index is 8.83. The summed E-state index contributed by atoms with van der Waals surface area (Å²) in [5.74, 6) is 0. The van der Waals surface area contributed by atoms with Crippen LogP contribution in [0.25, 0.3) is 0 Å². The number of hydrogen-bond donors (Lipinski definition) is 0. The van der Waals surface area contributed by atoms with Gasteiger partial charge in [0.2, 0.25) is 0 Å². The van der Waals surface area contributed by atoms with E-state index in [1.54, 1.807) is 0 Å². The number of anilines is 1. The highest BCUT2D eigenvalue weighted by atomic mass is 15.2. The van der Waals surface area contributed by atoms with Crippen molar-refractivity contribution in [1.29, 1.82) is 5.26 Å². The van der Waals surface area contributed by atoms with Crippen molar-refractivity contribution in [1.82, 2.24) is 4.90 Å². The number of hydrogen-bond acceptors (Lipinski definition) is 3. The zero-order valence-electron chi connectivity index (χ0n) is 12.2. The molecule has 1 aromatic carbocycles. The largest absolute Gasteiger partial charge is 0.370 e. The highest BCUT2D eigenvalue weighted by molar-refractivity contribution is 5.59. The highest BCUT2D eigenvalue weighted by Gasteiger charge is 2.24. The van der Waals surface area contributed by atoms with E-state index in [0.29, 0.717) is 12.6 Å². The van der Waals surface area contributed by atoms with Gasteiger partial charge in [-0.15, -0.1) is 0 Å². The smallest absolute Gasteiger partial charge is 0.0866 e. The van der Waals surface area contributed by atoms with Crippen molar-refractivity contribution >= 4 is 5.69 Å². The standard InChI is InChI=1S/C16H23N3/c1-13-6-4-7-14(2)16(13)19-10-5-8-15(12-19)18(3)11-9-17/h4,6-7,15H,5,8,10-12H2,1-3H3. The number of rotatable bonds is 3. The molecule has 0 radical (unpaired) electrons. The third-order valence-electron chi connectivity index (χ3n) is 4.10. The predicted molar refractivity (Wildman–Crippen MR) is 79.4 cm³/mol. The lowest BCUT2D eigenvalue weighted by Gasteiger charge is -2.39. The molecule has 0 aliphatic carbocycles. The normalized spacial score (nSPS) is 19.5. The number of aryl methyl sites for hydroxylation is 2. The van der Waals surface area contributed by atoms with E-state index in [1.165, 1.54) is 29.7 Å². The first kappa shape index (κ1) is 13.9. The summed E-state index contributed by atoms with van der Waals surface area (Å²) in [6.45, 7) is 7.05. The van der Waals surface area contributed by atoms with E-state index in [1.807, 2.05) is 0 Å². The van der Waals surface area contributed by atoms with Crippen LogP contribution in [0, 0.1) is 25.2 Å². The Morgan fingerprint density at radius 1 is 1.37 bits per heavy atom. The Labute approximate surface area is 116 Å². The molecule has 1 aliphatic heterocycles. The van der Waals surface area contributed by atoms with E-state index < -0.39 is 0 Å². The van der Waals surface area contributed by atoms with Gasteiger partial charge in [-0.1, -0.05) is 18.2 Å². The van der Waals surface area contributed by atoms with Gasteiger partial charge in [-0.05, 0) is 44.9 Å². The Hall–Kier alpha value is -1.53. The number of benzene rings is 1. The summed E-state index contributed by atoms with van der Waals surface area (Å²) in [6, 6.07) is 9.24. The highest BCUT2D eigenvalue weighted by Crippen LogP contribution is 2.28. The first-order valence-electron chi connectivity index (χ1n) is 7.02. The van der Waals surface area contributed by atoms with Gasteiger partial charge in [0.1, 0.15) is 0 Å². The molecular formula is C16H23N3. The van der Waals surface area contributed by atoms with Crippen LogP contribution in [-0.4, -0.2) is 37.6 Å². The molecule has 1 fully saturated rings. The number of piperidine rings is 1. The topological polar surface area (TPSA) is 30.3 Å². The van der Waals surface area contributed by atoms with Gasteiger partial charge in [-0.2, -0.15) is 5.26 Å². The van der Waals surface area contributed by atoms with Gasteiger partial charge in [0.15, 0.2) is 0 Å². The Kier molecular flexibility index (Phi) is 4.44. The molecule has 1 heterocycles. The van der Waals surface area contributed by atoms with Crippen LogP contribution < -0.4 is 4.90 Å². The van der Waals surface area contributed by atoms with Gasteiger partial charge in [-0.25, -0.2) is 0 Å². The third kappa shape index (κ3) is 3.08. The van der Waals surface area contributed by atoms with Crippen molar-refractivity contribution < 1.29 is 0 Å². The van der Waals surface area contributed by atoms with Crippen molar-refractivity contribution in [3.05, 3.63) is 29.3 Å². The lowest BCUT2D eigenvalue weighted by atomic mass is 10.0. The quantitative estimate of drug-likeness (QED) is 0.780. The summed E-state index contributed by atoms with van der Waals surface area (Å²) in [5.41, 5.74) is 4.09. The second kappa shape index (κ2) is 6.08. The molecule has 1 saturated heterocycles. The lowest BCUT2D eigenvalue weighted by molar-refractivity contribution is 0.238. The zero-order valence-corrected chi connectivity index (χ0v) is 12.2. The molecule has 3 heteroatoms. The van der Waals surface area contributed by atoms with Crippen molar-refractivity contribution in [2.45, 2.75) is 32.7 Å². The van der Waals surface area contributed by atoms with E-state index in [-0.39, 0.29) is 0 Å². The molecule has 1 unspecified atom stereocenters. The molecule has 0 aromatic heterocycles. The van der Waals surface area contributed by atoms with Crippen LogP contribution in [0.3, 0.4) is 0 Å². The van der Waals surface area contributed by atoms with Gasteiger partial charge in [0.25, 0.3) is 0 Å². The van der Waals surface area contributed by atoms with E-state index in [4.69, 9.17) is 5.26 Å². The molecule has 19 heavy (non-hydrogen) atoms. The summed E-state index contributed by atoms with van der Waals surface area (Å²) in [7, 11) is 2.06. The molecule has 0 spiro atoms. The average Bonchev–Trinajstić information content (AvgIpc) is 2.39. The molecule has 102 valence electrons. The maximum absolute atomic E-state index is 8.83. The lowest BCUT2D eigenvalue weighted by Crippen LogP contribution is -2.47. The summed E-state index contributed by atoms with van der Waals surface area (Å²) in [5, 5.41) is 8.83. The minimum atomic E-state index is 0.493. The van der Waals surface area contributed by atoms with Crippen LogP contribution in [0.2, 0.25) is 0 Å². The fourth-order valence-electron chi connectivity index (χ4n) is 3.06. The van der Waals surface area contributed by atoms with Crippen LogP contribution >= 0.6 is 0 Å². The SMILES string of the molecule is Cc1cccc(C)c1N1CCCC(N(C)CC#N)C1. The summed E-state index contributed by atoms with van der Waals surface area (Å²) in [4.78, 5) is 4.67. The Bertz CT molecular complexity index is 455. The number of likely N-dealkylation sites (N-methyl/N-ethyl adjacent to an activating group) is 1. The number of nitrogens with zero attached hydrogens (tertiary/aromatic N) is 3. The minimum absolute atomic E-state index is 0.493. The van der Waals surface area contributed by atoms with Crippen molar-refractivity contribution in [3.63, 3.8) is 0 Å². The fraction of sp³-hybridized carbons (Fsp3) is 0.562. The Morgan fingerprint density at radius 2 is 2.05 bits per heavy atom. The molecular weight excluding hydrogens is 234 g/mol. The van der Waals surface area contributed by atoms with Crippen LogP contribution in [0.5, 0.6) is 0 Å². The van der Waals surface area contributed by atoms with Crippen LogP contribution in [0.15, 0.2) is 18.2 Å². The minimum Gasteiger partial charge on any atom is -0.370 e. The van der Waals surface area contributed by atoms with Gasteiger partial charge < -0.3 is 4.90 Å². The molecule has 3 nitrogen and oxygen atoms in total. The van der Waals surface area contributed by atoms with Crippen LogP contribution in [0.4, 0.5) is 5.69 Å². The molecule has 1 atom stereocenters. The summed E-state index contributed by atoms with van der Waals surface area (Å²) >= 11 is 0. The summed E-state index contributed by atoms with van der Waals surface area (Å²) < 4.78 is 0. The van der Waals surface area contributed by atoms with Gasteiger partial charge in [0, 0.05) is 24.8 Å². The van der Waals surface area contributed by atoms with Crippen molar-refractivity contribution in [3.8, 4) is 6.07 Å². The van der Waals surface area contributed by atoms with E-state index in [0.717, 1.165) is 13.1 Å². The molecule has 1 aliphatic rings. The van der Waals surface area contributed by atoms with E-state index in [9.17, 15) is 0 Å². The molecule has 0 bridgehead atoms. The first-order chi connectivity index (χ1) is 9.13. The number of para-hydroxylation sites is 1. The molecule has 2 rings (SSSR count). The Balaban J connectivity index is 2.15. The van der Waals surface area contributed by atoms with E-state index in [2.05, 4.69) is 55.0 Å². The van der Waals surface area contributed by atoms with Gasteiger partial charge >= 0.3 is 0 Å². The van der Waals surface area contributed by atoms with Crippen molar-refractivity contribution in [2.24, 2.45) is 0 Å². The van der Waals surface area contributed by atoms with Crippen LogP contribution in [0.1, 0.15) is 24.0 Å². The maximum Gasteiger partial charge on any atom is 0.0866 e. The van der Waals surface area contributed by atoms with E-state index >= 15 is 0 Å². The third-order valence-corrected chi connectivity index (χ3v) is 4.10. The van der Waals surface area contributed by atoms with Gasteiger partial charge in [-0.3, -0.25) is 4.90 Å².